The number of nitrogens with one attached hydrogen (secondary N) is 2. The summed E-state index contributed by atoms with van der Waals surface area (Å²) in [6.07, 6.45) is -5.08. The number of carbonyl (C=O) groups is 4. The summed E-state index contributed by atoms with van der Waals surface area (Å²) in [6.45, 7) is 4.61. The van der Waals surface area contributed by atoms with E-state index < -0.39 is 42.0 Å². The number of rotatable bonds is 6. The van der Waals surface area contributed by atoms with E-state index >= 15 is 0 Å². The fourth-order valence-electron chi connectivity index (χ4n) is 1.16. The highest BCUT2D eigenvalue weighted by atomic mass is 19.4. The number of alkyl halides is 3. The van der Waals surface area contributed by atoms with E-state index in [2.05, 4.69) is 10.6 Å². The van der Waals surface area contributed by atoms with Gasteiger partial charge in [-0.15, -0.1) is 0 Å². The molecule has 6 N–H and O–H groups in total. The third-order valence-corrected chi connectivity index (χ3v) is 2.43. The van der Waals surface area contributed by atoms with Gasteiger partial charge in [0.05, 0.1) is 6.54 Å². The van der Waals surface area contributed by atoms with Crippen molar-refractivity contribution in [3.8, 4) is 0 Å². The fourth-order valence-corrected chi connectivity index (χ4v) is 1.16. The second-order valence-corrected chi connectivity index (χ2v) is 4.86. The number of hydrogen-bond acceptors (Lipinski definition) is 5. The standard InChI is InChI=1S/C10H19N3O4.C2HF3O2/c1-5(2)8(10(16)17)13-9(15)6(3)12-7(14)4-11;3-2(4,5)1(6)7/h5-6,8H,4,11H2,1-3H3,(H,12,14)(H,13,15)(H,16,17);(H,6,7)/t6-,8-;/m0./s1. The van der Waals surface area contributed by atoms with Crippen molar-refractivity contribution in [3.05, 3.63) is 0 Å². The number of halogens is 3. The van der Waals surface area contributed by atoms with Gasteiger partial charge in [0.15, 0.2) is 0 Å². The minimum absolute atomic E-state index is 0.218. The molecule has 2 amide bonds. The highest BCUT2D eigenvalue weighted by Gasteiger charge is 2.38. The van der Waals surface area contributed by atoms with E-state index in [4.69, 9.17) is 20.7 Å². The van der Waals surface area contributed by atoms with Crippen LogP contribution >= 0.6 is 0 Å². The predicted molar refractivity (Wildman–Crippen MR) is 74.8 cm³/mol. The molecule has 0 aliphatic rings. The zero-order valence-corrected chi connectivity index (χ0v) is 13.2. The number of carbonyl (C=O) groups excluding carboxylic acids is 2. The fraction of sp³-hybridized carbons (Fsp3) is 0.667. The summed E-state index contributed by atoms with van der Waals surface area (Å²) < 4.78 is 31.7. The number of carboxylic acids is 2. The molecule has 0 bridgehead atoms. The van der Waals surface area contributed by atoms with Crippen LogP contribution in [-0.2, 0) is 19.2 Å². The molecule has 0 aromatic carbocycles. The van der Waals surface area contributed by atoms with Gasteiger partial charge in [-0.05, 0) is 12.8 Å². The van der Waals surface area contributed by atoms with E-state index in [1.165, 1.54) is 6.92 Å². The minimum Gasteiger partial charge on any atom is -0.480 e. The van der Waals surface area contributed by atoms with E-state index in [0.717, 1.165) is 0 Å². The second-order valence-electron chi connectivity index (χ2n) is 4.86. The Morgan fingerprint density at radius 2 is 1.46 bits per heavy atom. The highest BCUT2D eigenvalue weighted by molar-refractivity contribution is 5.90. The summed E-state index contributed by atoms with van der Waals surface area (Å²) in [5.74, 6) is -5.12. The van der Waals surface area contributed by atoms with Crippen molar-refractivity contribution in [3.63, 3.8) is 0 Å². The lowest BCUT2D eigenvalue weighted by Gasteiger charge is -2.20. The third kappa shape index (κ3) is 10.4. The Balaban J connectivity index is 0. The zero-order valence-electron chi connectivity index (χ0n) is 13.2. The first kappa shape index (κ1) is 23.9. The van der Waals surface area contributed by atoms with Crippen molar-refractivity contribution in [1.29, 1.82) is 0 Å². The molecule has 0 rings (SSSR count). The molecule has 2 atom stereocenters. The molecule has 0 fully saturated rings. The van der Waals surface area contributed by atoms with E-state index in [1.54, 1.807) is 13.8 Å². The number of nitrogens with two attached hydrogens (primary N) is 1. The van der Waals surface area contributed by atoms with Gasteiger partial charge in [0.1, 0.15) is 12.1 Å². The lowest BCUT2D eigenvalue weighted by Crippen LogP contribution is -2.52. The molecule has 0 heterocycles. The monoisotopic (exact) mass is 359 g/mol. The molecule has 0 unspecified atom stereocenters. The lowest BCUT2D eigenvalue weighted by atomic mass is 10.0. The van der Waals surface area contributed by atoms with E-state index in [9.17, 15) is 27.6 Å². The lowest BCUT2D eigenvalue weighted by molar-refractivity contribution is -0.192. The maximum absolute atomic E-state index is 11.6. The van der Waals surface area contributed by atoms with Crippen LogP contribution < -0.4 is 16.4 Å². The van der Waals surface area contributed by atoms with E-state index in [1.807, 2.05) is 0 Å². The summed E-state index contributed by atoms with van der Waals surface area (Å²) in [5, 5.41) is 20.7. The Morgan fingerprint density at radius 1 is 1.04 bits per heavy atom. The Bertz CT molecular complexity index is 467. The third-order valence-electron chi connectivity index (χ3n) is 2.43. The predicted octanol–water partition coefficient (Wildman–Crippen LogP) is -0.691. The van der Waals surface area contributed by atoms with Crippen molar-refractivity contribution in [2.45, 2.75) is 39.0 Å². The maximum Gasteiger partial charge on any atom is 0.490 e. The molecule has 0 aromatic heterocycles. The first-order valence-electron chi connectivity index (χ1n) is 6.56. The van der Waals surface area contributed by atoms with Gasteiger partial charge in [0.25, 0.3) is 0 Å². The second kappa shape index (κ2) is 10.4. The highest BCUT2D eigenvalue weighted by Crippen LogP contribution is 2.13. The van der Waals surface area contributed by atoms with Crippen molar-refractivity contribution >= 4 is 23.8 Å². The average Bonchev–Trinajstić information content (AvgIpc) is 2.42. The maximum atomic E-state index is 11.6. The van der Waals surface area contributed by atoms with Gasteiger partial charge in [-0.25, -0.2) is 9.59 Å². The Hall–Kier alpha value is -2.37. The molecule has 9 nitrogen and oxygen atoms in total. The molecule has 0 aliphatic heterocycles. The van der Waals surface area contributed by atoms with Gasteiger partial charge >= 0.3 is 18.1 Å². The smallest absolute Gasteiger partial charge is 0.480 e. The van der Waals surface area contributed by atoms with Crippen molar-refractivity contribution in [1.82, 2.24) is 10.6 Å². The van der Waals surface area contributed by atoms with Crippen LogP contribution in [0.15, 0.2) is 0 Å². The van der Waals surface area contributed by atoms with Crippen molar-refractivity contribution < 1.29 is 42.6 Å². The number of amides is 2. The first-order chi connectivity index (χ1) is 10.7. The van der Waals surface area contributed by atoms with Crippen LogP contribution in [0.4, 0.5) is 13.2 Å². The van der Waals surface area contributed by atoms with Crippen LogP contribution in [0.2, 0.25) is 0 Å². The van der Waals surface area contributed by atoms with E-state index in [-0.39, 0.29) is 12.5 Å². The SMILES string of the molecule is CC(C)[C@H](NC(=O)[C@H](C)NC(=O)CN)C(=O)O.O=C(O)C(F)(F)F. The van der Waals surface area contributed by atoms with Crippen LogP contribution in [0.1, 0.15) is 20.8 Å². The number of carboxylic acid groups (broad SMARTS) is 2. The molecule has 0 radical (unpaired) electrons. The molecular weight excluding hydrogens is 339 g/mol. The summed E-state index contributed by atoms with van der Waals surface area (Å²) in [6, 6.07) is -1.79. The van der Waals surface area contributed by atoms with Gasteiger partial charge in [-0.2, -0.15) is 13.2 Å². The normalized spacial score (nSPS) is 13.2. The van der Waals surface area contributed by atoms with Crippen LogP contribution in [0.5, 0.6) is 0 Å². The molecular formula is C12H20F3N3O6. The summed E-state index contributed by atoms with van der Waals surface area (Å²) in [5.41, 5.74) is 5.08. The van der Waals surface area contributed by atoms with Gasteiger partial charge < -0.3 is 26.6 Å². The van der Waals surface area contributed by atoms with Crippen molar-refractivity contribution in [2.24, 2.45) is 11.7 Å². The molecule has 0 spiro atoms. The van der Waals surface area contributed by atoms with Crippen LogP contribution in [0.25, 0.3) is 0 Å². The summed E-state index contributed by atoms with van der Waals surface area (Å²) in [4.78, 5) is 42.3. The Morgan fingerprint density at radius 3 is 1.71 bits per heavy atom. The van der Waals surface area contributed by atoms with Gasteiger partial charge in [0.2, 0.25) is 11.8 Å². The Labute approximate surface area is 135 Å². The molecule has 0 saturated heterocycles. The first-order valence-corrected chi connectivity index (χ1v) is 6.56. The van der Waals surface area contributed by atoms with Crippen LogP contribution in [-0.4, -0.2) is 58.8 Å². The van der Waals surface area contributed by atoms with Gasteiger partial charge in [0, 0.05) is 0 Å². The molecule has 0 saturated carbocycles. The molecule has 12 heteroatoms. The topological polar surface area (TPSA) is 159 Å². The summed E-state index contributed by atoms with van der Waals surface area (Å²) in [7, 11) is 0. The molecule has 24 heavy (non-hydrogen) atoms. The minimum atomic E-state index is -5.08. The number of hydrogen-bond donors (Lipinski definition) is 5. The zero-order chi connectivity index (χ0) is 19.7. The quantitative estimate of drug-likeness (QED) is 0.420. The average molecular weight is 359 g/mol. The van der Waals surface area contributed by atoms with Gasteiger partial charge in [-0.1, -0.05) is 13.8 Å². The number of aliphatic carboxylic acids is 2. The van der Waals surface area contributed by atoms with Crippen LogP contribution in [0, 0.1) is 5.92 Å². The van der Waals surface area contributed by atoms with Crippen molar-refractivity contribution in [2.75, 3.05) is 6.54 Å². The molecule has 0 aliphatic carbocycles. The molecule has 0 aromatic rings. The van der Waals surface area contributed by atoms with Crippen LogP contribution in [0.3, 0.4) is 0 Å². The molecule has 140 valence electrons. The van der Waals surface area contributed by atoms with E-state index in [0.29, 0.717) is 0 Å². The largest absolute Gasteiger partial charge is 0.490 e. The van der Waals surface area contributed by atoms with Gasteiger partial charge in [-0.3, -0.25) is 9.59 Å². The summed E-state index contributed by atoms with van der Waals surface area (Å²) >= 11 is 0. The Kier molecular flexibility index (Phi) is 10.4.